The first-order valence-electron chi connectivity index (χ1n) is 8.09. The van der Waals surface area contributed by atoms with Crippen LogP contribution in [0.5, 0.6) is 5.75 Å². The van der Waals surface area contributed by atoms with Crippen LogP contribution in [0.4, 0.5) is 11.4 Å². The van der Waals surface area contributed by atoms with Crippen molar-refractivity contribution in [2.24, 2.45) is 17.6 Å². The number of hydrogen-bond donors (Lipinski definition) is 3. The first kappa shape index (κ1) is 18.5. The predicted molar refractivity (Wildman–Crippen MR) is 94.6 cm³/mol. The third-order valence-electron chi connectivity index (χ3n) is 4.41. The van der Waals surface area contributed by atoms with Crippen molar-refractivity contribution in [3.63, 3.8) is 0 Å². The quantitative estimate of drug-likeness (QED) is 0.690. The van der Waals surface area contributed by atoms with Crippen molar-refractivity contribution in [3.8, 4) is 5.75 Å². The third kappa shape index (κ3) is 4.39. The van der Waals surface area contributed by atoms with Crippen LogP contribution in [0.1, 0.15) is 26.2 Å². The number of carbonyl (C=O) groups is 1. The van der Waals surface area contributed by atoms with Gasteiger partial charge in [0.15, 0.2) is 0 Å². The molecule has 7 nitrogen and oxygen atoms in total. The van der Waals surface area contributed by atoms with Gasteiger partial charge in [0.1, 0.15) is 5.75 Å². The van der Waals surface area contributed by atoms with Crippen molar-refractivity contribution >= 4 is 27.3 Å². The Morgan fingerprint density at radius 3 is 2.75 bits per heavy atom. The van der Waals surface area contributed by atoms with Gasteiger partial charge in [0, 0.05) is 17.7 Å². The molecule has 8 heteroatoms. The fourth-order valence-electron chi connectivity index (χ4n) is 2.99. The van der Waals surface area contributed by atoms with Crippen molar-refractivity contribution < 1.29 is 17.9 Å². The maximum atomic E-state index is 12.4. The Balaban J connectivity index is 2.13. The van der Waals surface area contributed by atoms with Gasteiger partial charge < -0.3 is 15.8 Å². The molecule has 0 radical (unpaired) electrons. The number of nitrogens with one attached hydrogen (secondary N) is 2. The number of hydrogen-bond acceptors (Lipinski definition) is 5. The lowest BCUT2D eigenvalue weighted by Crippen LogP contribution is -2.29. The maximum Gasteiger partial charge on any atom is 0.232 e. The number of anilines is 2. The average Bonchev–Trinajstić information content (AvgIpc) is 3.04. The average molecular weight is 355 g/mol. The fraction of sp³-hybridized carbons (Fsp3) is 0.562. The second kappa shape index (κ2) is 7.85. The van der Waals surface area contributed by atoms with Gasteiger partial charge in [-0.1, -0.05) is 6.42 Å². The largest absolute Gasteiger partial charge is 0.494 e. The van der Waals surface area contributed by atoms with Gasteiger partial charge in [0.2, 0.25) is 15.9 Å². The summed E-state index contributed by atoms with van der Waals surface area (Å²) in [4.78, 5) is 12.4. The van der Waals surface area contributed by atoms with Gasteiger partial charge in [-0.2, -0.15) is 0 Å². The molecule has 0 aliphatic heterocycles. The molecule has 1 aliphatic rings. The highest BCUT2D eigenvalue weighted by Gasteiger charge is 2.32. The minimum absolute atomic E-state index is 0.0310. The van der Waals surface area contributed by atoms with Crippen LogP contribution < -0.4 is 20.5 Å². The van der Waals surface area contributed by atoms with E-state index in [0.717, 1.165) is 19.3 Å². The molecule has 0 heterocycles. The minimum atomic E-state index is -3.40. The van der Waals surface area contributed by atoms with Gasteiger partial charge in [-0.05, 0) is 44.4 Å². The summed E-state index contributed by atoms with van der Waals surface area (Å²) in [6, 6.07) is 4.84. The van der Waals surface area contributed by atoms with E-state index in [0.29, 0.717) is 23.7 Å². The topological polar surface area (TPSA) is 111 Å². The van der Waals surface area contributed by atoms with Crippen molar-refractivity contribution in [1.82, 2.24) is 0 Å². The predicted octanol–water partition coefficient (Wildman–Crippen LogP) is 1.77. The Bertz CT molecular complexity index is 691. The molecule has 2 rings (SSSR count). The number of ether oxygens (including phenoxy) is 1. The lowest BCUT2D eigenvalue weighted by atomic mass is 9.95. The molecule has 4 N–H and O–H groups in total. The monoisotopic (exact) mass is 355 g/mol. The zero-order valence-corrected chi connectivity index (χ0v) is 14.9. The highest BCUT2D eigenvalue weighted by atomic mass is 32.2. The standard InChI is InChI=1S/C16H25N3O4S/c1-3-24(21,22)19-14-8-7-12(9-15(14)23-2)18-16(20)13-6-4-5-11(13)10-17/h7-9,11,13,19H,3-6,10,17H2,1-2H3,(H,18,20)/t11-,13-/m1/s1. The van der Waals surface area contributed by atoms with Crippen molar-refractivity contribution in [2.45, 2.75) is 26.2 Å². The fourth-order valence-corrected chi connectivity index (χ4v) is 3.64. The Morgan fingerprint density at radius 2 is 2.12 bits per heavy atom. The van der Waals surface area contributed by atoms with E-state index in [1.165, 1.54) is 7.11 Å². The number of benzene rings is 1. The molecule has 1 amide bonds. The van der Waals surface area contributed by atoms with Gasteiger partial charge in [0.05, 0.1) is 18.6 Å². The van der Waals surface area contributed by atoms with Crippen LogP contribution in [0, 0.1) is 11.8 Å². The summed E-state index contributed by atoms with van der Waals surface area (Å²) in [6.07, 6.45) is 2.84. The van der Waals surface area contributed by atoms with E-state index < -0.39 is 10.0 Å². The summed E-state index contributed by atoms with van der Waals surface area (Å²) in [5.41, 5.74) is 6.64. The summed E-state index contributed by atoms with van der Waals surface area (Å²) < 4.78 is 31.1. The highest BCUT2D eigenvalue weighted by Crippen LogP contribution is 2.33. The van der Waals surface area contributed by atoms with Crippen LogP contribution in [-0.4, -0.2) is 33.7 Å². The maximum absolute atomic E-state index is 12.4. The zero-order valence-electron chi connectivity index (χ0n) is 14.0. The molecule has 0 bridgehead atoms. The second-order valence-corrected chi connectivity index (χ2v) is 7.95. The van der Waals surface area contributed by atoms with E-state index in [2.05, 4.69) is 10.0 Å². The van der Waals surface area contributed by atoms with Crippen molar-refractivity contribution in [1.29, 1.82) is 0 Å². The number of methoxy groups -OCH3 is 1. The van der Waals surface area contributed by atoms with E-state index in [9.17, 15) is 13.2 Å². The number of sulfonamides is 1. The number of rotatable bonds is 7. The number of carbonyl (C=O) groups excluding carboxylic acids is 1. The molecule has 1 aromatic rings. The van der Waals surface area contributed by atoms with E-state index in [-0.39, 0.29) is 23.5 Å². The molecule has 0 unspecified atom stereocenters. The van der Waals surface area contributed by atoms with Crippen LogP contribution in [0.3, 0.4) is 0 Å². The smallest absolute Gasteiger partial charge is 0.232 e. The molecular weight excluding hydrogens is 330 g/mol. The SMILES string of the molecule is CCS(=O)(=O)Nc1ccc(NC(=O)[C@@H]2CCC[C@@H]2CN)cc1OC. The van der Waals surface area contributed by atoms with Crippen LogP contribution in [0.25, 0.3) is 0 Å². The number of amides is 1. The van der Waals surface area contributed by atoms with Crippen LogP contribution in [-0.2, 0) is 14.8 Å². The Labute approximate surface area is 143 Å². The molecule has 1 saturated carbocycles. The first-order valence-corrected chi connectivity index (χ1v) is 9.75. The van der Waals surface area contributed by atoms with E-state index in [1.807, 2.05) is 0 Å². The molecule has 0 spiro atoms. The Morgan fingerprint density at radius 1 is 1.38 bits per heavy atom. The molecule has 0 aromatic heterocycles. The zero-order chi connectivity index (χ0) is 17.7. The van der Waals surface area contributed by atoms with Gasteiger partial charge in [0.25, 0.3) is 0 Å². The van der Waals surface area contributed by atoms with E-state index >= 15 is 0 Å². The second-order valence-electron chi connectivity index (χ2n) is 5.94. The summed E-state index contributed by atoms with van der Waals surface area (Å²) in [5, 5.41) is 2.88. The van der Waals surface area contributed by atoms with Gasteiger partial charge in [-0.3, -0.25) is 9.52 Å². The van der Waals surface area contributed by atoms with Crippen LogP contribution in [0.2, 0.25) is 0 Å². The molecule has 0 saturated heterocycles. The first-order chi connectivity index (χ1) is 11.4. The van der Waals surface area contributed by atoms with Gasteiger partial charge >= 0.3 is 0 Å². The molecule has 1 aromatic carbocycles. The van der Waals surface area contributed by atoms with Gasteiger partial charge in [-0.25, -0.2) is 8.42 Å². The minimum Gasteiger partial charge on any atom is -0.494 e. The Hall–Kier alpha value is -1.80. The van der Waals surface area contributed by atoms with E-state index in [4.69, 9.17) is 10.5 Å². The van der Waals surface area contributed by atoms with Crippen molar-refractivity contribution in [2.75, 3.05) is 29.4 Å². The molecule has 2 atom stereocenters. The third-order valence-corrected chi connectivity index (χ3v) is 5.70. The highest BCUT2D eigenvalue weighted by molar-refractivity contribution is 7.92. The summed E-state index contributed by atoms with van der Waals surface area (Å²) in [7, 11) is -1.95. The number of nitrogens with two attached hydrogens (primary N) is 1. The molecule has 1 aliphatic carbocycles. The summed E-state index contributed by atoms with van der Waals surface area (Å²) in [5.74, 6) is 0.428. The normalized spacial score (nSPS) is 20.6. The van der Waals surface area contributed by atoms with Crippen LogP contribution >= 0.6 is 0 Å². The van der Waals surface area contributed by atoms with Crippen molar-refractivity contribution in [3.05, 3.63) is 18.2 Å². The lowest BCUT2D eigenvalue weighted by molar-refractivity contribution is -0.120. The molecule has 134 valence electrons. The molecular formula is C16H25N3O4S. The van der Waals surface area contributed by atoms with Crippen LogP contribution in [0.15, 0.2) is 18.2 Å². The van der Waals surface area contributed by atoms with Gasteiger partial charge in [-0.15, -0.1) is 0 Å². The molecule has 24 heavy (non-hydrogen) atoms. The summed E-state index contributed by atoms with van der Waals surface area (Å²) >= 11 is 0. The summed E-state index contributed by atoms with van der Waals surface area (Å²) in [6.45, 7) is 2.07. The molecule has 1 fully saturated rings. The van der Waals surface area contributed by atoms with E-state index in [1.54, 1.807) is 25.1 Å². The lowest BCUT2D eigenvalue weighted by Gasteiger charge is -2.18. The Kier molecular flexibility index (Phi) is 6.06.